The zero-order valence-electron chi connectivity index (χ0n) is 11.9. The molecule has 1 atom stereocenters. The highest BCUT2D eigenvalue weighted by Gasteiger charge is 2.30. The Morgan fingerprint density at radius 1 is 1.57 bits per heavy atom. The van der Waals surface area contributed by atoms with Gasteiger partial charge in [0, 0.05) is 22.8 Å². The predicted octanol–water partition coefficient (Wildman–Crippen LogP) is 3.33. The lowest BCUT2D eigenvalue weighted by Crippen LogP contribution is -2.35. The Bertz CT molecular complexity index is 524. The van der Waals surface area contributed by atoms with Crippen molar-refractivity contribution in [1.82, 2.24) is 4.90 Å². The van der Waals surface area contributed by atoms with E-state index in [2.05, 4.69) is 22.6 Å². The second kappa shape index (κ2) is 7.65. The summed E-state index contributed by atoms with van der Waals surface area (Å²) in [7, 11) is 1.56. The van der Waals surface area contributed by atoms with E-state index < -0.39 is 0 Å². The zero-order valence-corrected chi connectivity index (χ0v) is 14.9. The number of methoxy groups -OCH3 is 1. The van der Waals surface area contributed by atoms with Crippen molar-refractivity contribution in [1.29, 1.82) is 0 Å². The first kappa shape index (κ1) is 16.8. The summed E-state index contributed by atoms with van der Waals surface area (Å²) in [4.78, 5) is 14.7. The lowest BCUT2D eigenvalue weighted by Gasteiger charge is -2.25. The first-order chi connectivity index (χ1) is 10.1. The van der Waals surface area contributed by atoms with Crippen molar-refractivity contribution in [2.24, 2.45) is 0 Å². The van der Waals surface area contributed by atoms with Crippen molar-refractivity contribution in [2.45, 2.75) is 31.7 Å². The lowest BCUT2D eigenvalue weighted by molar-refractivity contribution is 0.0721. The second-order valence-electron chi connectivity index (χ2n) is 5.13. The Morgan fingerprint density at radius 2 is 2.33 bits per heavy atom. The van der Waals surface area contributed by atoms with Crippen molar-refractivity contribution in [3.05, 3.63) is 26.3 Å². The fourth-order valence-electron chi connectivity index (χ4n) is 2.75. The molecule has 6 heteroatoms. The maximum Gasteiger partial charge on any atom is 0.257 e. The number of carbonyl (C=O) groups excluding carboxylic acids is 1. The molecule has 0 radical (unpaired) electrons. The summed E-state index contributed by atoms with van der Waals surface area (Å²) in [5.41, 5.74) is 0.513. The average molecular weight is 424 g/mol. The molecule has 0 saturated carbocycles. The third-order valence-corrected chi connectivity index (χ3v) is 5.33. The normalized spacial score (nSPS) is 18.1. The number of aliphatic hydroxyl groups excluding tert-OH is 1. The van der Waals surface area contributed by atoms with Crippen LogP contribution in [0.25, 0.3) is 0 Å². The third kappa shape index (κ3) is 3.81. The number of carbonyl (C=O) groups is 1. The number of aliphatic hydroxyl groups is 1. The number of ether oxygens (including phenoxy) is 1. The topological polar surface area (TPSA) is 49.8 Å². The van der Waals surface area contributed by atoms with Crippen LogP contribution in [-0.2, 0) is 0 Å². The van der Waals surface area contributed by atoms with E-state index in [9.17, 15) is 4.79 Å². The van der Waals surface area contributed by atoms with E-state index >= 15 is 0 Å². The molecule has 1 aromatic carbocycles. The molecule has 0 bridgehead atoms. The molecular formula is C15H19ClINO3. The number of halogens is 2. The highest BCUT2D eigenvalue weighted by atomic mass is 127. The first-order valence-corrected chi connectivity index (χ1v) is 8.49. The number of likely N-dealkylation sites (tertiary alicyclic amines) is 1. The van der Waals surface area contributed by atoms with Gasteiger partial charge in [-0.1, -0.05) is 11.6 Å². The maximum atomic E-state index is 12.8. The quantitative estimate of drug-likeness (QED) is 0.739. The van der Waals surface area contributed by atoms with Gasteiger partial charge in [-0.3, -0.25) is 4.79 Å². The lowest BCUT2D eigenvalue weighted by atomic mass is 10.1. The number of nitrogens with zero attached hydrogens (tertiary/aromatic N) is 1. The van der Waals surface area contributed by atoms with E-state index in [-0.39, 0.29) is 18.6 Å². The monoisotopic (exact) mass is 423 g/mol. The van der Waals surface area contributed by atoms with E-state index in [0.29, 0.717) is 16.3 Å². The van der Waals surface area contributed by atoms with E-state index in [1.165, 1.54) is 0 Å². The fourth-order valence-corrected chi connectivity index (χ4v) is 3.35. The van der Waals surface area contributed by atoms with E-state index in [4.69, 9.17) is 21.4 Å². The van der Waals surface area contributed by atoms with Crippen molar-refractivity contribution in [3.63, 3.8) is 0 Å². The maximum absolute atomic E-state index is 12.8. The summed E-state index contributed by atoms with van der Waals surface area (Å²) >= 11 is 8.27. The Labute approximate surface area is 143 Å². The number of hydrogen-bond acceptors (Lipinski definition) is 3. The molecule has 0 spiro atoms. The van der Waals surface area contributed by atoms with Gasteiger partial charge in [-0.15, -0.1) is 0 Å². The van der Waals surface area contributed by atoms with Crippen LogP contribution in [0, 0.1) is 3.57 Å². The van der Waals surface area contributed by atoms with Crippen LogP contribution in [0.15, 0.2) is 12.1 Å². The molecule has 1 aliphatic rings. The molecule has 2 rings (SSSR count). The minimum Gasteiger partial charge on any atom is -0.496 e. The van der Waals surface area contributed by atoms with Gasteiger partial charge in [-0.25, -0.2) is 0 Å². The van der Waals surface area contributed by atoms with E-state index in [1.807, 2.05) is 4.90 Å². The molecule has 4 nitrogen and oxygen atoms in total. The van der Waals surface area contributed by atoms with Gasteiger partial charge >= 0.3 is 0 Å². The summed E-state index contributed by atoms with van der Waals surface area (Å²) in [5, 5.41) is 9.54. The molecule has 1 heterocycles. The van der Waals surface area contributed by atoms with Crippen LogP contribution >= 0.6 is 34.2 Å². The Balaban J connectivity index is 2.24. The summed E-state index contributed by atoms with van der Waals surface area (Å²) in [6.45, 7) is 0.916. The summed E-state index contributed by atoms with van der Waals surface area (Å²) in [6.07, 6.45) is 3.55. The van der Waals surface area contributed by atoms with Crippen molar-refractivity contribution >= 4 is 40.1 Å². The Hall–Kier alpha value is -0.530. The van der Waals surface area contributed by atoms with Gasteiger partial charge in [0.05, 0.1) is 17.7 Å². The summed E-state index contributed by atoms with van der Waals surface area (Å²) < 4.78 is 6.19. The Morgan fingerprint density at radius 3 is 3.00 bits per heavy atom. The second-order valence-corrected chi connectivity index (χ2v) is 6.70. The molecule has 1 aromatic rings. The van der Waals surface area contributed by atoms with Crippen LogP contribution in [-0.4, -0.2) is 42.2 Å². The van der Waals surface area contributed by atoms with Gasteiger partial charge in [0.25, 0.3) is 5.91 Å². The molecule has 116 valence electrons. The molecule has 1 unspecified atom stereocenters. The highest BCUT2D eigenvalue weighted by Crippen LogP contribution is 2.31. The van der Waals surface area contributed by atoms with Gasteiger partial charge < -0.3 is 14.7 Å². The summed E-state index contributed by atoms with van der Waals surface area (Å²) in [6, 6.07) is 3.67. The number of hydrogen-bond donors (Lipinski definition) is 1. The van der Waals surface area contributed by atoms with Crippen LogP contribution in [0.5, 0.6) is 5.75 Å². The van der Waals surface area contributed by atoms with Crippen LogP contribution in [0.4, 0.5) is 0 Å². The first-order valence-electron chi connectivity index (χ1n) is 7.03. The van der Waals surface area contributed by atoms with Gasteiger partial charge in [0.2, 0.25) is 0 Å². The highest BCUT2D eigenvalue weighted by molar-refractivity contribution is 14.1. The van der Waals surface area contributed by atoms with Crippen molar-refractivity contribution in [3.8, 4) is 5.75 Å². The molecule has 1 N–H and O–H groups in total. The van der Waals surface area contributed by atoms with Crippen molar-refractivity contribution < 1.29 is 14.6 Å². The fraction of sp³-hybridized carbons (Fsp3) is 0.533. The molecule has 21 heavy (non-hydrogen) atoms. The predicted molar refractivity (Wildman–Crippen MR) is 91.1 cm³/mol. The van der Waals surface area contributed by atoms with Gasteiger partial charge in [0.1, 0.15) is 5.75 Å². The van der Waals surface area contributed by atoms with E-state index in [1.54, 1.807) is 19.2 Å². The summed E-state index contributed by atoms with van der Waals surface area (Å²) in [5.74, 6) is 0.521. The van der Waals surface area contributed by atoms with Crippen LogP contribution in [0.2, 0.25) is 5.02 Å². The number of benzene rings is 1. The van der Waals surface area contributed by atoms with Gasteiger partial charge in [0.15, 0.2) is 0 Å². The van der Waals surface area contributed by atoms with Crippen molar-refractivity contribution in [2.75, 3.05) is 20.3 Å². The van der Waals surface area contributed by atoms with Crippen LogP contribution < -0.4 is 4.74 Å². The minimum atomic E-state index is -0.0365. The molecule has 1 fully saturated rings. The van der Waals surface area contributed by atoms with Gasteiger partial charge in [-0.05, 0) is 60.4 Å². The SMILES string of the molecule is COc1cc(I)c(Cl)cc1C(=O)N1CCCC1CCCO. The molecular weight excluding hydrogens is 405 g/mol. The molecule has 0 aliphatic carbocycles. The van der Waals surface area contributed by atoms with Crippen LogP contribution in [0.3, 0.4) is 0 Å². The smallest absolute Gasteiger partial charge is 0.257 e. The third-order valence-electron chi connectivity index (χ3n) is 3.81. The number of amides is 1. The molecule has 1 aliphatic heterocycles. The number of rotatable bonds is 5. The zero-order chi connectivity index (χ0) is 15.4. The van der Waals surface area contributed by atoms with E-state index in [0.717, 1.165) is 35.8 Å². The standard InChI is InChI=1S/C15H19ClINO3/c1-21-14-9-13(17)12(16)8-11(14)15(20)18-6-2-4-10(18)5-3-7-19/h8-10,19H,2-7H2,1H3. The minimum absolute atomic E-state index is 0.0365. The molecule has 1 amide bonds. The molecule has 0 aromatic heterocycles. The Kier molecular flexibility index (Phi) is 6.13. The molecule has 1 saturated heterocycles. The average Bonchev–Trinajstić information content (AvgIpc) is 2.95. The largest absolute Gasteiger partial charge is 0.496 e. The van der Waals surface area contributed by atoms with Crippen LogP contribution in [0.1, 0.15) is 36.0 Å². The van der Waals surface area contributed by atoms with Gasteiger partial charge in [-0.2, -0.15) is 0 Å².